The Morgan fingerprint density at radius 2 is 1.09 bits per heavy atom. The van der Waals surface area contributed by atoms with E-state index in [1.165, 1.54) is 31.3 Å². The summed E-state index contributed by atoms with van der Waals surface area (Å²) in [5.74, 6) is 3.27. The normalized spacial score (nSPS) is 24.5. The predicted octanol–water partition coefficient (Wildman–Crippen LogP) is 13.1. The van der Waals surface area contributed by atoms with E-state index in [0.29, 0.717) is 99.2 Å². The molecule has 0 radical (unpaired) electrons. The Morgan fingerprint density at radius 1 is 0.656 bits per heavy atom. The Morgan fingerprint density at radius 3 is 1.47 bits per heavy atom. The van der Waals surface area contributed by atoms with Gasteiger partial charge in [-0.05, 0) is 57.3 Å². The molecule has 0 amide bonds. The first-order chi connectivity index (χ1) is 62.2. The number of rotatable bonds is 22. The number of hydrogen-bond donors (Lipinski definition) is 10. The van der Waals surface area contributed by atoms with Gasteiger partial charge in [0, 0.05) is 123 Å². The number of nitrogens with one attached hydrogen (secondary N) is 3. The number of aliphatic imine (C=N–C) groups is 7. The summed E-state index contributed by atoms with van der Waals surface area (Å²) >= 11 is 33.8. The van der Waals surface area contributed by atoms with Crippen molar-refractivity contribution in [1.29, 1.82) is 0 Å². The maximum atomic E-state index is 11.3. The molecule has 0 aliphatic carbocycles. The van der Waals surface area contributed by atoms with E-state index in [-0.39, 0.29) is 90.9 Å². The van der Waals surface area contributed by atoms with Gasteiger partial charge in [-0.1, -0.05) is 153 Å². The summed E-state index contributed by atoms with van der Waals surface area (Å²) < 4.78 is 51.4. The van der Waals surface area contributed by atoms with Crippen LogP contribution in [0.4, 0.5) is 34.6 Å². The number of imidazole rings is 4. The number of fused-ring (bicyclic) bond motifs is 3. The summed E-state index contributed by atoms with van der Waals surface area (Å²) in [5.41, 5.74) is 18.0. The van der Waals surface area contributed by atoms with Gasteiger partial charge in [0.15, 0.2) is 41.6 Å². The van der Waals surface area contributed by atoms with Crippen LogP contribution in [-0.4, -0.2) is 265 Å². The summed E-state index contributed by atoms with van der Waals surface area (Å²) in [7, 11) is 13.0. The molecule has 13 N–H and O–H groups in total. The lowest BCUT2D eigenvalue weighted by Crippen LogP contribution is -2.30. The first-order valence-corrected chi connectivity index (χ1v) is 49.2. The van der Waals surface area contributed by atoms with Gasteiger partial charge in [-0.2, -0.15) is 11.1 Å². The minimum absolute atomic E-state index is 0.0483. The number of aliphatic hydroxyl groups is 4. The maximum absolute atomic E-state index is 11.3. The number of hydrogen-bond acceptors (Lipinski definition) is 33. The topological polar surface area (TPSA) is 523 Å². The van der Waals surface area contributed by atoms with Gasteiger partial charge < -0.3 is 101 Å². The van der Waals surface area contributed by atoms with Gasteiger partial charge >= 0.3 is 0 Å². The number of anilines is 3. The second-order valence-electron chi connectivity index (χ2n) is 32.5. The highest BCUT2D eigenvalue weighted by molar-refractivity contribution is 9.08. The molecule has 42 nitrogen and oxygen atoms in total. The highest BCUT2D eigenvalue weighted by Gasteiger charge is 2.42. The van der Waals surface area contributed by atoms with Crippen LogP contribution in [0.2, 0.25) is 18.1 Å². The molecule has 16 unspecified atom stereocenters. The Hall–Kier alpha value is -8.30. The first kappa shape index (κ1) is 110. The molecule has 9 aliphatic heterocycles. The van der Waals surface area contributed by atoms with Gasteiger partial charge in [0.2, 0.25) is 12.4 Å². The number of benzene rings is 2. The number of halogens is 6. The van der Waals surface area contributed by atoms with Crippen LogP contribution in [0.5, 0.6) is 0 Å². The van der Waals surface area contributed by atoms with Crippen LogP contribution >= 0.6 is 73.4 Å². The molecule has 0 saturated carbocycles. The standard InChI is InChI=1S/C21H26ClN7O4.C14H23ClN6O2.C11H16ClN5O2.C10H14ClN5O3.C7H6BrNO2.C6H15ClSi.C5H13NO2.C4H5N.C4H8O/c1-4-15-16(32-10-13-7-5-6-8-14(13)29(30)31)9-17(33-15)28-12-23-18-19(22)25-21(26-20(18)28)24-11-27(2)3;1-4-10-9(22)5-11(23-10)21-8-19-12(13(15)16)14(21)18-6-17-7-20(2)3;1-2-6-5(18)3-7(19-6)17-4-14-8-9(12)15-11(13)16-10(8)17;11-8-7-9(15-10(12)14-8)16(3-13-7)6-1-4(18)5(2-17)19-6;8-5-6-3-1-2-4-7(6)9(10)11;1-6(2,3)8(4,5)7;1-6(2)5(7-3)8-4;2*1-2-4-5-3-1/h5-8,11-12,15-17,19H,4,9-10H2,1-3H3,(H,25,26);6-11,13,22H,4-5,16H2,1-3H3;4-7,9,18H,2-3H2,1H3,(H3,13,15,16);3-6,8,17-18H,1-2H2,(H3,12,14,15);1-4H,5H2;1-5H3;5H,1-4H3;1,3-4H,2H2;1-4H2. The summed E-state index contributed by atoms with van der Waals surface area (Å²) in [6.07, 6.45) is 19.9. The molecule has 5 saturated heterocycles. The van der Waals surface area contributed by atoms with E-state index in [1.807, 2.05) is 89.4 Å². The maximum Gasteiger partial charge on any atom is 0.274 e. The number of nitrogens with zero attached hydrogens (tertiary/aromatic N) is 20. The van der Waals surface area contributed by atoms with E-state index in [0.717, 1.165) is 38.9 Å². The second-order valence-corrected chi connectivity index (χ2v) is 42.1. The van der Waals surface area contributed by atoms with Gasteiger partial charge in [0.25, 0.3) is 11.4 Å². The largest absolute Gasteiger partial charge is 0.394 e. The number of methoxy groups -OCH3 is 2. The van der Waals surface area contributed by atoms with Gasteiger partial charge in [0.1, 0.15) is 83.1 Å². The minimum Gasteiger partial charge on any atom is -0.394 e. The van der Waals surface area contributed by atoms with Crippen molar-refractivity contribution >= 4 is 159 Å². The number of ether oxygens (including phenoxy) is 8. The van der Waals surface area contributed by atoms with E-state index in [1.54, 1.807) is 114 Å². The van der Waals surface area contributed by atoms with Crippen LogP contribution in [0.15, 0.2) is 121 Å². The Labute approximate surface area is 797 Å². The Kier molecular flexibility index (Phi) is 45.0. The number of aromatic nitrogens is 8. The number of aliphatic hydroxyl groups excluding tert-OH is 4. The van der Waals surface area contributed by atoms with Crippen molar-refractivity contribution in [2.24, 2.45) is 52.1 Å². The van der Waals surface area contributed by atoms with Crippen molar-refractivity contribution < 1.29 is 68.2 Å². The Bertz CT molecular complexity index is 4670. The average Bonchev–Trinajstić information content (AvgIpc) is 1.63. The molecular formula is C82H126BrCl5N26O16Si. The van der Waals surface area contributed by atoms with Gasteiger partial charge in [-0.3, -0.25) is 48.4 Å². The number of nitro groups is 2. The summed E-state index contributed by atoms with van der Waals surface area (Å²) in [6.45, 7) is 18.8. The molecule has 49 heteroatoms. The van der Waals surface area contributed by atoms with Gasteiger partial charge in [0.05, 0.1) is 109 Å². The molecule has 9 aliphatic rings. The zero-order valence-electron chi connectivity index (χ0n) is 76.4. The van der Waals surface area contributed by atoms with Crippen LogP contribution in [0.1, 0.15) is 187 Å². The lowest BCUT2D eigenvalue weighted by atomic mass is 10.1. The lowest BCUT2D eigenvalue weighted by Gasteiger charge is -2.29. The number of para-hydroxylation sites is 2. The molecule has 15 rings (SSSR count). The highest BCUT2D eigenvalue weighted by atomic mass is 79.9. The van der Waals surface area contributed by atoms with Crippen molar-refractivity contribution in [3.05, 3.63) is 140 Å². The quantitative estimate of drug-likeness (QED) is 0.00347. The van der Waals surface area contributed by atoms with E-state index in [2.05, 4.69) is 121 Å². The zero-order valence-corrected chi connectivity index (χ0v) is 82.8. The minimum atomic E-state index is -1.39. The SMILES string of the molecule is C1=CN=CC1.C1CCOC1.CC(C)(C)[Si](C)(C)Cl.CCC1OC(n2cnc(C(N)Cl)c2N=CN=CN(C)C)CC1O.CCC1OC(n2cnc3c2NC(N)=NC3Cl)CC1O.CCC1OC(n2cnc3c2NC(N=CN(C)C)=NC3Cl)CC1OCc1ccccc1[N+](=O)[O-].COC(OC)N(C)C.NC1=NC(Cl)c2ncn(C3CC(O)C(CO)O3)c2N1.O=[N+]([O-])c1ccccc1CBr. The van der Waals surface area contributed by atoms with E-state index in [4.69, 9.17) is 118 Å². The number of allylic oxidation sites excluding steroid dienone is 1. The second kappa shape index (κ2) is 53.7. The summed E-state index contributed by atoms with van der Waals surface area (Å²) in [5, 5.41) is 70.3. The third-order valence-corrected chi connectivity index (χ3v) is 28.0. The molecule has 131 heavy (non-hydrogen) atoms. The van der Waals surface area contributed by atoms with Crippen molar-refractivity contribution in [2.45, 2.75) is 238 Å². The highest BCUT2D eigenvalue weighted by Crippen LogP contribution is 2.44. The number of nitro benzene ring substituents is 2. The van der Waals surface area contributed by atoms with Gasteiger partial charge in [-0.15, -0.1) is 0 Å². The third-order valence-electron chi connectivity index (χ3n) is 21.0. The zero-order chi connectivity index (χ0) is 96.6. The predicted molar refractivity (Wildman–Crippen MR) is 516 cm³/mol. The third kappa shape index (κ3) is 32.5. The molecule has 0 bridgehead atoms. The molecule has 2 aromatic carbocycles. The van der Waals surface area contributed by atoms with Crippen LogP contribution in [-0.2, 0) is 49.8 Å². The molecule has 726 valence electrons. The van der Waals surface area contributed by atoms with Crippen LogP contribution in [0.25, 0.3) is 0 Å². The number of alkyl halides is 5. The summed E-state index contributed by atoms with van der Waals surface area (Å²) in [6, 6.07) is 13.3. The van der Waals surface area contributed by atoms with Crippen LogP contribution in [0, 0.1) is 20.2 Å². The monoisotopic (exact) mass is 2010 g/mol. The van der Waals surface area contributed by atoms with Crippen molar-refractivity contribution in [1.82, 2.24) is 52.9 Å². The van der Waals surface area contributed by atoms with Crippen LogP contribution < -0.4 is 33.2 Å². The molecule has 4 aromatic heterocycles. The molecule has 13 heterocycles. The molecular weight excluding hydrogens is 1890 g/mol. The molecule has 6 aromatic rings. The fourth-order valence-corrected chi connectivity index (χ4v) is 14.6. The lowest BCUT2D eigenvalue weighted by molar-refractivity contribution is -0.386. The van der Waals surface area contributed by atoms with Crippen molar-refractivity contribution in [3.8, 4) is 0 Å². The van der Waals surface area contributed by atoms with Gasteiger partial charge in [-0.25, -0.2) is 49.9 Å². The smallest absolute Gasteiger partial charge is 0.274 e. The fraction of sp³-hybridized carbons (Fsp3) is 0.598. The van der Waals surface area contributed by atoms with E-state index >= 15 is 0 Å². The van der Waals surface area contributed by atoms with E-state index < -0.39 is 65.0 Å². The number of nitrogens with two attached hydrogens (primary N) is 3. The summed E-state index contributed by atoms with van der Waals surface area (Å²) in [4.78, 5) is 72.1. The fourth-order valence-electron chi connectivity index (χ4n) is 13.2. The van der Waals surface area contributed by atoms with Crippen molar-refractivity contribution in [2.75, 3.05) is 92.3 Å². The molecule has 16 atom stereocenters. The molecule has 0 spiro atoms. The first-order valence-electron chi connectivity index (χ1n) is 42.3. The number of guanidine groups is 3. The van der Waals surface area contributed by atoms with Crippen LogP contribution in [0.3, 0.4) is 0 Å². The average molecular weight is 2020 g/mol. The Balaban J connectivity index is 0.000000214. The van der Waals surface area contributed by atoms with Crippen molar-refractivity contribution in [3.63, 3.8) is 0 Å². The van der Waals surface area contributed by atoms with E-state index in [9.17, 15) is 35.5 Å². The molecule has 5 fully saturated rings.